The minimum absolute atomic E-state index is 0. The van der Waals surface area contributed by atoms with Crippen molar-refractivity contribution in [3.63, 3.8) is 0 Å². The van der Waals surface area contributed by atoms with Crippen LogP contribution in [0.2, 0.25) is 0 Å². The van der Waals surface area contributed by atoms with Crippen LogP contribution in [0.3, 0.4) is 0 Å². The van der Waals surface area contributed by atoms with Gasteiger partial charge in [0.2, 0.25) is 0 Å². The standard InChI is InChI=1S/C10H16N4O.ClH/c1-14-6-9(12-7-14)10(15)13-8-3-2-4-11-5-8;/h6-8,11H,2-5H2,1H3,(H,13,15);1H. The van der Waals surface area contributed by atoms with Gasteiger partial charge in [-0.05, 0) is 19.4 Å². The molecule has 1 atom stereocenters. The summed E-state index contributed by atoms with van der Waals surface area (Å²) in [6.07, 6.45) is 5.53. The van der Waals surface area contributed by atoms with Gasteiger partial charge in [0, 0.05) is 25.8 Å². The zero-order chi connectivity index (χ0) is 10.7. The fourth-order valence-corrected chi connectivity index (χ4v) is 1.76. The molecule has 0 radical (unpaired) electrons. The molecule has 5 nitrogen and oxygen atoms in total. The Labute approximate surface area is 101 Å². The molecule has 2 N–H and O–H groups in total. The number of rotatable bonds is 2. The molecule has 0 saturated carbocycles. The normalized spacial score (nSPS) is 19.9. The SMILES string of the molecule is Cl.Cn1cnc(C(=O)NC2CCCNC2)c1. The molecule has 1 unspecified atom stereocenters. The second-order valence-electron chi connectivity index (χ2n) is 3.94. The Morgan fingerprint density at radius 3 is 3.06 bits per heavy atom. The highest BCUT2D eigenvalue weighted by atomic mass is 35.5. The molecule has 2 heterocycles. The van der Waals surface area contributed by atoms with Crippen molar-refractivity contribution in [2.45, 2.75) is 18.9 Å². The maximum Gasteiger partial charge on any atom is 0.271 e. The fourth-order valence-electron chi connectivity index (χ4n) is 1.76. The van der Waals surface area contributed by atoms with Gasteiger partial charge in [-0.1, -0.05) is 0 Å². The van der Waals surface area contributed by atoms with E-state index in [0.29, 0.717) is 5.69 Å². The molecule has 0 spiro atoms. The molecule has 2 rings (SSSR count). The molecule has 6 heteroatoms. The van der Waals surface area contributed by atoms with E-state index in [1.54, 1.807) is 17.1 Å². The van der Waals surface area contributed by atoms with Crippen molar-refractivity contribution in [3.8, 4) is 0 Å². The zero-order valence-electron chi connectivity index (χ0n) is 9.27. The van der Waals surface area contributed by atoms with Crippen LogP contribution in [0.5, 0.6) is 0 Å². The van der Waals surface area contributed by atoms with Gasteiger partial charge in [0.1, 0.15) is 5.69 Å². The first-order chi connectivity index (χ1) is 7.25. The maximum absolute atomic E-state index is 11.7. The van der Waals surface area contributed by atoms with Gasteiger partial charge in [-0.15, -0.1) is 12.4 Å². The summed E-state index contributed by atoms with van der Waals surface area (Å²) in [7, 11) is 1.85. The van der Waals surface area contributed by atoms with Crippen molar-refractivity contribution in [1.82, 2.24) is 20.2 Å². The van der Waals surface area contributed by atoms with Gasteiger partial charge < -0.3 is 15.2 Å². The van der Waals surface area contributed by atoms with E-state index in [0.717, 1.165) is 25.9 Å². The average molecular weight is 245 g/mol. The summed E-state index contributed by atoms with van der Waals surface area (Å²) in [4.78, 5) is 15.7. The lowest BCUT2D eigenvalue weighted by Crippen LogP contribution is -2.45. The smallest absolute Gasteiger partial charge is 0.271 e. The number of hydrogen-bond acceptors (Lipinski definition) is 3. The van der Waals surface area contributed by atoms with Gasteiger partial charge in [0.25, 0.3) is 5.91 Å². The van der Waals surface area contributed by atoms with E-state index in [1.807, 2.05) is 7.05 Å². The Balaban J connectivity index is 0.00000128. The van der Waals surface area contributed by atoms with Gasteiger partial charge in [-0.2, -0.15) is 0 Å². The first-order valence-electron chi connectivity index (χ1n) is 5.25. The molecule has 16 heavy (non-hydrogen) atoms. The third-order valence-electron chi connectivity index (χ3n) is 2.57. The van der Waals surface area contributed by atoms with Crippen LogP contribution in [0, 0.1) is 0 Å². The molecule has 1 aliphatic heterocycles. The van der Waals surface area contributed by atoms with Crippen molar-refractivity contribution < 1.29 is 4.79 Å². The Hall–Kier alpha value is -1.07. The van der Waals surface area contributed by atoms with Crippen LogP contribution in [0.1, 0.15) is 23.3 Å². The number of nitrogens with zero attached hydrogens (tertiary/aromatic N) is 2. The van der Waals surface area contributed by atoms with Gasteiger partial charge in [-0.25, -0.2) is 4.98 Å². The molecule has 1 aromatic rings. The average Bonchev–Trinajstić information content (AvgIpc) is 2.66. The number of amides is 1. The number of nitrogens with one attached hydrogen (secondary N) is 2. The minimum Gasteiger partial charge on any atom is -0.347 e. The Morgan fingerprint density at radius 1 is 1.69 bits per heavy atom. The summed E-state index contributed by atoms with van der Waals surface area (Å²) < 4.78 is 1.77. The van der Waals surface area contributed by atoms with Crippen LogP contribution in [0.25, 0.3) is 0 Å². The van der Waals surface area contributed by atoms with E-state index in [2.05, 4.69) is 15.6 Å². The van der Waals surface area contributed by atoms with Crippen molar-refractivity contribution in [3.05, 3.63) is 18.2 Å². The number of aryl methyl sites for hydroxylation is 1. The van der Waals surface area contributed by atoms with Crippen LogP contribution in [-0.4, -0.2) is 34.6 Å². The van der Waals surface area contributed by atoms with Crippen molar-refractivity contribution in [2.75, 3.05) is 13.1 Å². The van der Waals surface area contributed by atoms with E-state index in [4.69, 9.17) is 0 Å². The highest BCUT2D eigenvalue weighted by molar-refractivity contribution is 5.92. The molecule has 0 aliphatic carbocycles. The lowest BCUT2D eigenvalue weighted by Gasteiger charge is -2.23. The Morgan fingerprint density at radius 2 is 2.50 bits per heavy atom. The number of hydrogen-bond donors (Lipinski definition) is 2. The predicted molar refractivity (Wildman–Crippen MR) is 63.8 cm³/mol. The molecule has 1 amide bonds. The quantitative estimate of drug-likeness (QED) is 0.788. The molecule has 1 aliphatic rings. The van der Waals surface area contributed by atoms with Gasteiger partial charge in [0.15, 0.2) is 0 Å². The summed E-state index contributed by atoms with van der Waals surface area (Å²) in [5.41, 5.74) is 0.489. The summed E-state index contributed by atoms with van der Waals surface area (Å²) in [6.45, 7) is 1.91. The molecule has 0 bridgehead atoms. The van der Waals surface area contributed by atoms with E-state index in [-0.39, 0.29) is 24.4 Å². The molecule has 90 valence electrons. The fraction of sp³-hybridized carbons (Fsp3) is 0.600. The Bertz CT molecular complexity index is 346. The number of carbonyl (C=O) groups excluding carboxylic acids is 1. The number of carbonyl (C=O) groups is 1. The van der Waals surface area contributed by atoms with Crippen molar-refractivity contribution in [2.24, 2.45) is 7.05 Å². The van der Waals surface area contributed by atoms with Gasteiger partial charge in [-0.3, -0.25) is 4.79 Å². The van der Waals surface area contributed by atoms with Crippen LogP contribution in [0.4, 0.5) is 0 Å². The highest BCUT2D eigenvalue weighted by Gasteiger charge is 2.17. The summed E-state index contributed by atoms with van der Waals surface area (Å²) in [5.74, 6) is -0.0794. The molecular formula is C10H17ClN4O. The third kappa shape index (κ3) is 3.21. The van der Waals surface area contributed by atoms with Crippen molar-refractivity contribution >= 4 is 18.3 Å². The molecule has 1 saturated heterocycles. The molecule has 0 aromatic carbocycles. The van der Waals surface area contributed by atoms with Crippen LogP contribution in [0.15, 0.2) is 12.5 Å². The van der Waals surface area contributed by atoms with E-state index in [1.165, 1.54) is 0 Å². The van der Waals surface area contributed by atoms with Crippen LogP contribution in [-0.2, 0) is 7.05 Å². The van der Waals surface area contributed by atoms with Crippen LogP contribution >= 0.6 is 12.4 Å². The number of halogens is 1. The van der Waals surface area contributed by atoms with Crippen molar-refractivity contribution in [1.29, 1.82) is 0 Å². The molecule has 1 aromatic heterocycles. The third-order valence-corrected chi connectivity index (χ3v) is 2.57. The van der Waals surface area contributed by atoms with E-state index < -0.39 is 0 Å². The second kappa shape index (κ2) is 5.86. The maximum atomic E-state index is 11.7. The predicted octanol–water partition coefficient (Wildman–Crippen LogP) is 0.324. The van der Waals surface area contributed by atoms with Gasteiger partial charge in [0.05, 0.1) is 6.33 Å². The molecular weight excluding hydrogens is 228 g/mol. The first kappa shape index (κ1) is 13.0. The molecule has 1 fully saturated rings. The lowest BCUT2D eigenvalue weighted by atomic mass is 10.1. The highest BCUT2D eigenvalue weighted by Crippen LogP contribution is 2.02. The lowest BCUT2D eigenvalue weighted by molar-refractivity contribution is 0.0926. The second-order valence-corrected chi connectivity index (χ2v) is 3.94. The first-order valence-corrected chi connectivity index (χ1v) is 5.25. The monoisotopic (exact) mass is 244 g/mol. The topological polar surface area (TPSA) is 59.0 Å². The Kier molecular flexibility index (Phi) is 4.76. The number of aromatic nitrogens is 2. The zero-order valence-corrected chi connectivity index (χ0v) is 10.1. The van der Waals surface area contributed by atoms with E-state index >= 15 is 0 Å². The summed E-state index contributed by atoms with van der Waals surface area (Å²) in [5, 5.41) is 6.23. The summed E-state index contributed by atoms with van der Waals surface area (Å²) >= 11 is 0. The van der Waals surface area contributed by atoms with Gasteiger partial charge >= 0.3 is 0 Å². The number of imidazole rings is 1. The number of piperidine rings is 1. The van der Waals surface area contributed by atoms with Crippen LogP contribution < -0.4 is 10.6 Å². The minimum atomic E-state index is -0.0794. The largest absolute Gasteiger partial charge is 0.347 e. The van der Waals surface area contributed by atoms with E-state index in [9.17, 15) is 4.79 Å². The summed E-state index contributed by atoms with van der Waals surface area (Å²) in [6, 6.07) is 0.244.